The molecular formula is C32H25ClN2O5. The number of nitrogens with one attached hydrogen (secondary N) is 1. The van der Waals surface area contributed by atoms with Crippen LogP contribution >= 0.6 is 11.6 Å². The van der Waals surface area contributed by atoms with Crippen molar-refractivity contribution in [1.29, 1.82) is 0 Å². The summed E-state index contributed by atoms with van der Waals surface area (Å²) in [6.45, 7) is 0. The Kier molecular flexibility index (Phi) is 5.51. The molecule has 2 heterocycles. The van der Waals surface area contributed by atoms with Gasteiger partial charge in [-0.05, 0) is 48.6 Å². The Morgan fingerprint density at radius 2 is 1.62 bits per heavy atom. The van der Waals surface area contributed by atoms with Crippen molar-refractivity contribution in [2.24, 2.45) is 23.7 Å². The van der Waals surface area contributed by atoms with Gasteiger partial charge in [-0.15, -0.1) is 0 Å². The second-order valence-corrected chi connectivity index (χ2v) is 11.4. The number of benzene rings is 3. The normalized spacial score (nSPS) is 30.9. The molecule has 40 heavy (non-hydrogen) atoms. The molecule has 0 unspecified atom stereocenters. The van der Waals surface area contributed by atoms with Crippen LogP contribution in [0.3, 0.4) is 0 Å². The van der Waals surface area contributed by atoms with Crippen LogP contribution in [0.2, 0.25) is 5.02 Å². The fraction of sp³-hybridized carbons (Fsp3) is 0.250. The van der Waals surface area contributed by atoms with Gasteiger partial charge in [-0.2, -0.15) is 0 Å². The first-order valence-corrected chi connectivity index (χ1v) is 13.7. The van der Waals surface area contributed by atoms with E-state index in [0.717, 1.165) is 5.57 Å². The van der Waals surface area contributed by atoms with Crippen molar-refractivity contribution in [2.45, 2.75) is 24.2 Å². The zero-order chi connectivity index (χ0) is 27.8. The van der Waals surface area contributed by atoms with Gasteiger partial charge in [0.25, 0.3) is 0 Å². The number of phenolic OH excluding ortho intramolecular Hbond substituents is 1. The van der Waals surface area contributed by atoms with Gasteiger partial charge in [0, 0.05) is 16.5 Å². The van der Waals surface area contributed by atoms with E-state index in [0.29, 0.717) is 28.3 Å². The summed E-state index contributed by atoms with van der Waals surface area (Å²) in [4.78, 5) is 56.3. The van der Waals surface area contributed by atoms with E-state index in [9.17, 15) is 24.3 Å². The lowest BCUT2D eigenvalue weighted by atomic mass is 9.49. The number of anilines is 1. The molecule has 8 heteroatoms. The van der Waals surface area contributed by atoms with Crippen molar-refractivity contribution in [2.75, 3.05) is 4.90 Å². The number of phenols is 1. The average Bonchev–Trinajstić information content (AvgIpc) is 3.37. The molecule has 7 rings (SSSR count). The Morgan fingerprint density at radius 3 is 2.38 bits per heavy atom. The van der Waals surface area contributed by atoms with Gasteiger partial charge in [-0.1, -0.05) is 77.8 Å². The number of allylic oxidation sites excluding steroid dienone is 2. The van der Waals surface area contributed by atoms with Gasteiger partial charge in [0.05, 0.1) is 28.9 Å². The number of amides is 4. The van der Waals surface area contributed by atoms with Gasteiger partial charge < -0.3 is 5.11 Å². The van der Waals surface area contributed by atoms with E-state index in [2.05, 4.69) is 5.32 Å². The first kappa shape index (κ1) is 24.8. The molecule has 200 valence electrons. The summed E-state index contributed by atoms with van der Waals surface area (Å²) in [5, 5.41) is 14.1. The van der Waals surface area contributed by atoms with E-state index in [-0.39, 0.29) is 29.9 Å². The summed E-state index contributed by atoms with van der Waals surface area (Å²) in [5.74, 6) is -4.66. The van der Waals surface area contributed by atoms with Gasteiger partial charge in [-0.3, -0.25) is 24.5 Å². The summed E-state index contributed by atoms with van der Waals surface area (Å²) in [7, 11) is 0. The number of carbonyl (C=O) groups excluding carboxylic acids is 4. The molecule has 4 amide bonds. The Hall–Kier alpha value is -4.23. The minimum absolute atomic E-state index is 0.00126. The lowest BCUT2D eigenvalue weighted by Gasteiger charge is -2.50. The van der Waals surface area contributed by atoms with Gasteiger partial charge in [0.2, 0.25) is 23.6 Å². The summed E-state index contributed by atoms with van der Waals surface area (Å²) >= 11 is 6.29. The molecule has 2 saturated heterocycles. The quantitative estimate of drug-likeness (QED) is 0.368. The molecule has 2 N–H and O–H groups in total. The number of aromatic hydroxyl groups is 1. The predicted molar refractivity (Wildman–Crippen MR) is 147 cm³/mol. The smallest absolute Gasteiger partial charge is 0.246 e. The van der Waals surface area contributed by atoms with Gasteiger partial charge in [0.15, 0.2) is 0 Å². The van der Waals surface area contributed by atoms with Crippen molar-refractivity contribution in [1.82, 2.24) is 5.32 Å². The van der Waals surface area contributed by atoms with Crippen molar-refractivity contribution in [3.63, 3.8) is 0 Å². The number of halogens is 1. The lowest BCUT2D eigenvalue weighted by Crippen LogP contribution is -2.53. The molecule has 3 aromatic carbocycles. The zero-order valence-corrected chi connectivity index (χ0v) is 22.0. The van der Waals surface area contributed by atoms with Crippen LogP contribution in [0.1, 0.15) is 29.9 Å². The minimum atomic E-state index is -1.40. The number of rotatable bonds is 3. The van der Waals surface area contributed by atoms with E-state index in [1.165, 1.54) is 4.90 Å². The third-order valence-corrected chi connectivity index (χ3v) is 9.49. The average molecular weight is 553 g/mol. The van der Waals surface area contributed by atoms with Crippen LogP contribution in [0.4, 0.5) is 5.69 Å². The number of hydrogen-bond donors (Lipinski definition) is 2. The van der Waals surface area contributed by atoms with Crippen molar-refractivity contribution in [3.8, 4) is 5.75 Å². The van der Waals surface area contributed by atoms with E-state index < -0.39 is 40.9 Å². The monoisotopic (exact) mass is 552 g/mol. The second-order valence-electron chi connectivity index (χ2n) is 11.0. The van der Waals surface area contributed by atoms with Crippen LogP contribution in [-0.4, -0.2) is 28.7 Å². The standard InChI is InChI=1S/C32H25ClN2O5/c33-18-9-6-10-19(15-18)35-30(39)24-16-23-20(13-14-22-26(23)29(38)34-28(22)37)27(21-11-4-5-12-25(21)36)32(24,31(35)40)17-7-2-1-3-8-17/h1-13,15,22-24,26-27,36H,14,16H2,(H,34,37,38)/t22-,23+,24-,26-,27+,32+/m0/s1. The fourth-order valence-electron chi connectivity index (χ4n) is 7.73. The number of hydrogen-bond acceptors (Lipinski definition) is 5. The van der Waals surface area contributed by atoms with Crippen molar-refractivity contribution < 1.29 is 24.3 Å². The van der Waals surface area contributed by atoms with Crippen LogP contribution in [0.15, 0.2) is 90.5 Å². The van der Waals surface area contributed by atoms with Gasteiger partial charge >= 0.3 is 0 Å². The Morgan fingerprint density at radius 1 is 0.875 bits per heavy atom. The van der Waals surface area contributed by atoms with E-state index in [4.69, 9.17) is 11.6 Å². The van der Waals surface area contributed by atoms with Gasteiger partial charge in [-0.25, -0.2) is 4.90 Å². The molecule has 2 aliphatic carbocycles. The molecule has 6 atom stereocenters. The summed E-state index contributed by atoms with van der Waals surface area (Å²) in [5.41, 5.74) is 0.941. The molecule has 0 aromatic heterocycles. The summed E-state index contributed by atoms with van der Waals surface area (Å²) in [6.07, 6.45) is 2.52. The summed E-state index contributed by atoms with van der Waals surface area (Å²) < 4.78 is 0. The van der Waals surface area contributed by atoms with Gasteiger partial charge in [0.1, 0.15) is 5.75 Å². The highest BCUT2D eigenvalue weighted by Gasteiger charge is 2.70. The number of nitrogens with zero attached hydrogens (tertiary/aromatic N) is 1. The Bertz CT molecular complexity index is 1630. The van der Waals surface area contributed by atoms with Crippen molar-refractivity contribution >= 4 is 40.9 Å². The molecule has 7 nitrogen and oxygen atoms in total. The maximum absolute atomic E-state index is 14.9. The van der Waals surface area contributed by atoms with Crippen LogP contribution in [0.25, 0.3) is 0 Å². The largest absolute Gasteiger partial charge is 0.508 e. The lowest BCUT2D eigenvalue weighted by molar-refractivity contribution is -0.128. The number of para-hydroxylation sites is 1. The molecule has 3 aromatic rings. The fourth-order valence-corrected chi connectivity index (χ4v) is 7.92. The second kappa shape index (κ2) is 8.89. The number of carbonyl (C=O) groups is 4. The highest BCUT2D eigenvalue weighted by molar-refractivity contribution is 6.32. The molecule has 0 radical (unpaired) electrons. The first-order valence-electron chi connectivity index (χ1n) is 13.4. The third kappa shape index (κ3) is 3.24. The molecule has 3 fully saturated rings. The van der Waals surface area contributed by atoms with Crippen molar-refractivity contribution in [3.05, 3.63) is 107 Å². The first-order chi connectivity index (χ1) is 19.3. The third-order valence-electron chi connectivity index (χ3n) is 9.26. The molecule has 2 aliphatic heterocycles. The Balaban J connectivity index is 1.53. The maximum atomic E-state index is 14.9. The van der Waals surface area contributed by atoms with Crippen LogP contribution in [0.5, 0.6) is 5.75 Å². The highest BCUT2D eigenvalue weighted by atomic mass is 35.5. The minimum Gasteiger partial charge on any atom is -0.508 e. The maximum Gasteiger partial charge on any atom is 0.246 e. The number of imide groups is 2. The highest BCUT2D eigenvalue weighted by Crippen LogP contribution is 2.64. The molecule has 4 aliphatic rings. The van der Waals surface area contributed by atoms with E-state index >= 15 is 0 Å². The zero-order valence-electron chi connectivity index (χ0n) is 21.3. The Labute approximate surface area is 235 Å². The SMILES string of the molecule is O=C1NC(=O)[C@H]2CC=C3[C@@H](C[C@H]4C(=O)N(c5cccc(Cl)c5)C(=O)[C@@]4(c4ccccc4)[C@H]3c3ccccc3O)[C@@H]12. The van der Waals surface area contributed by atoms with Crippen LogP contribution in [0, 0.1) is 23.7 Å². The predicted octanol–water partition coefficient (Wildman–Crippen LogP) is 4.50. The van der Waals surface area contributed by atoms with E-state index in [1.807, 2.05) is 36.4 Å². The summed E-state index contributed by atoms with van der Waals surface area (Å²) in [6, 6.07) is 22.7. The molecule has 1 saturated carbocycles. The van der Waals surface area contributed by atoms with Crippen LogP contribution < -0.4 is 10.2 Å². The molecular weight excluding hydrogens is 528 g/mol. The molecule has 0 spiro atoms. The van der Waals surface area contributed by atoms with Crippen LogP contribution in [-0.2, 0) is 24.6 Å². The molecule has 0 bridgehead atoms. The topological polar surface area (TPSA) is 104 Å². The number of fused-ring (bicyclic) bond motifs is 4. The van der Waals surface area contributed by atoms with E-state index in [1.54, 1.807) is 48.5 Å².